The predicted molar refractivity (Wildman–Crippen MR) is 224 cm³/mol. The predicted octanol–water partition coefficient (Wildman–Crippen LogP) is 6.87. The number of rotatable bonds is 12. The molecule has 4 fully saturated rings. The highest BCUT2D eigenvalue weighted by atomic mass is 19.1. The fraction of sp³-hybridized carbons (Fsp3) is 0.511. The minimum Gasteiger partial charge on any atom is -0.495 e. The number of hydrogen-bond donors (Lipinski definition) is 1. The van der Waals surface area contributed by atoms with Crippen molar-refractivity contribution in [3.63, 3.8) is 0 Å². The summed E-state index contributed by atoms with van der Waals surface area (Å²) in [5.74, 6) is 0.252. The number of hydrogen-bond acceptors (Lipinski definition) is 10. The van der Waals surface area contributed by atoms with Crippen molar-refractivity contribution in [2.75, 3.05) is 62.7 Å². The molecule has 0 unspecified atom stereocenters. The minimum absolute atomic E-state index is 0.0896. The summed E-state index contributed by atoms with van der Waals surface area (Å²) >= 11 is 0. The van der Waals surface area contributed by atoms with Crippen molar-refractivity contribution in [1.29, 1.82) is 5.26 Å². The Bertz CT molecular complexity index is 2100. The maximum Gasteiger partial charge on any atom is 0.254 e. The van der Waals surface area contributed by atoms with E-state index in [-0.39, 0.29) is 65.0 Å². The first-order chi connectivity index (χ1) is 28.2. The monoisotopic (exact) mass is 805 g/mol. The van der Waals surface area contributed by atoms with Crippen LogP contribution in [0.15, 0.2) is 60.7 Å². The van der Waals surface area contributed by atoms with E-state index >= 15 is 0 Å². The summed E-state index contributed by atoms with van der Waals surface area (Å²) in [6.45, 7) is 14.9. The second-order valence-electron chi connectivity index (χ2n) is 18.0. The van der Waals surface area contributed by atoms with E-state index in [1.807, 2.05) is 12.1 Å². The number of anilines is 2. The van der Waals surface area contributed by atoms with Gasteiger partial charge in [-0.3, -0.25) is 24.1 Å². The summed E-state index contributed by atoms with van der Waals surface area (Å²) in [4.78, 5) is 57.5. The quantitative estimate of drug-likeness (QED) is 0.153. The molecule has 312 valence electrons. The number of nitrogens with zero attached hydrogens (tertiary/aromatic N) is 4. The number of benzene rings is 3. The van der Waals surface area contributed by atoms with Crippen LogP contribution < -0.4 is 24.6 Å². The number of halogens is 1. The molecule has 4 aliphatic rings. The highest BCUT2D eigenvalue weighted by molar-refractivity contribution is 6.06. The van der Waals surface area contributed by atoms with Gasteiger partial charge in [0, 0.05) is 92.5 Å². The van der Waals surface area contributed by atoms with Crippen LogP contribution in [0.5, 0.6) is 11.5 Å². The summed E-state index contributed by atoms with van der Waals surface area (Å²) in [6, 6.07) is 19.3. The molecule has 0 spiro atoms. The van der Waals surface area contributed by atoms with Crippen LogP contribution in [-0.2, 0) is 9.59 Å². The van der Waals surface area contributed by atoms with Crippen LogP contribution in [0, 0.1) is 39.8 Å². The normalized spacial score (nSPS) is 23.2. The molecule has 2 heterocycles. The molecular weight excluding hydrogens is 750 g/mol. The van der Waals surface area contributed by atoms with Gasteiger partial charge in [0.1, 0.15) is 35.3 Å². The topological polar surface area (TPSA) is 132 Å². The standard InChI is InChI=1S/C47H56FN5O6/c1-46(2)43(47(3,4)45(46)59-36-13-8-32(28-49)42(26-36)58-5)27-40(55)31-6-9-33(10-7-31)52-18-16-30(17-19-52)29-51-20-22-53(23-21-51)34-11-14-38(48)37(24-34)44(57)50-39-15-12-35(54)25-41(39)56/h6-11,13-14,24,26,30,39,43,45H,12,15-23,25,27,29H2,1-5H3,(H,50,57)/t39-,43?,45?/m0/s1. The minimum atomic E-state index is -0.760. The van der Waals surface area contributed by atoms with Gasteiger partial charge < -0.3 is 24.6 Å². The van der Waals surface area contributed by atoms with Gasteiger partial charge in [0.25, 0.3) is 5.91 Å². The molecule has 2 aliphatic heterocycles. The maximum atomic E-state index is 14.7. The van der Waals surface area contributed by atoms with Crippen LogP contribution in [0.4, 0.5) is 15.8 Å². The van der Waals surface area contributed by atoms with Gasteiger partial charge in [-0.1, -0.05) is 27.7 Å². The van der Waals surface area contributed by atoms with Crippen molar-refractivity contribution in [2.45, 2.75) is 78.4 Å². The summed E-state index contributed by atoms with van der Waals surface area (Å²) in [7, 11) is 1.54. The van der Waals surface area contributed by atoms with Crippen molar-refractivity contribution in [2.24, 2.45) is 22.7 Å². The van der Waals surface area contributed by atoms with E-state index in [1.165, 1.54) is 6.07 Å². The number of piperidine rings is 1. The molecule has 1 atom stereocenters. The van der Waals surface area contributed by atoms with Gasteiger partial charge in [-0.15, -0.1) is 0 Å². The molecule has 2 aliphatic carbocycles. The number of nitriles is 1. The number of nitrogens with one attached hydrogen (secondary N) is 1. The molecule has 1 amide bonds. The zero-order valence-corrected chi connectivity index (χ0v) is 34.9. The number of Topliss-reactive ketones (excluding diaryl/α,β-unsaturated/α-hetero) is 3. The largest absolute Gasteiger partial charge is 0.495 e. The van der Waals surface area contributed by atoms with Gasteiger partial charge in [-0.05, 0) is 85.7 Å². The van der Waals surface area contributed by atoms with E-state index < -0.39 is 17.8 Å². The maximum absolute atomic E-state index is 14.7. The smallest absolute Gasteiger partial charge is 0.254 e. The lowest BCUT2D eigenvalue weighted by molar-refractivity contribution is -0.196. The van der Waals surface area contributed by atoms with Crippen LogP contribution in [0.2, 0.25) is 0 Å². The first kappa shape index (κ1) is 41.9. The zero-order chi connectivity index (χ0) is 42.1. The van der Waals surface area contributed by atoms with Crippen molar-refractivity contribution in [1.82, 2.24) is 10.2 Å². The average Bonchev–Trinajstić information content (AvgIpc) is 3.23. The van der Waals surface area contributed by atoms with Crippen LogP contribution in [0.1, 0.15) is 92.5 Å². The van der Waals surface area contributed by atoms with E-state index in [2.05, 4.69) is 65.9 Å². The lowest BCUT2D eigenvalue weighted by atomic mass is 9.44. The van der Waals surface area contributed by atoms with Crippen LogP contribution in [0.25, 0.3) is 0 Å². The van der Waals surface area contributed by atoms with Crippen LogP contribution in [-0.4, -0.2) is 93.2 Å². The molecule has 0 bridgehead atoms. The average molecular weight is 806 g/mol. The number of ether oxygens (including phenoxy) is 2. The Kier molecular flexibility index (Phi) is 12.2. The first-order valence-electron chi connectivity index (χ1n) is 20.9. The fourth-order valence-corrected chi connectivity index (χ4v) is 10.2. The molecule has 0 radical (unpaired) electrons. The van der Waals surface area contributed by atoms with Gasteiger partial charge in [0.2, 0.25) is 0 Å². The van der Waals surface area contributed by atoms with Gasteiger partial charge in [0.05, 0.1) is 30.7 Å². The SMILES string of the molecule is COc1cc(OC2C(C)(C)C(CC(=O)c3ccc(N4CCC(CN5CCN(c6ccc(F)c(C(=O)N[C@H]7CCC(=O)CC7=O)c6)CC5)CC4)cc3)C2(C)C)ccc1C#N. The van der Waals surface area contributed by atoms with Gasteiger partial charge >= 0.3 is 0 Å². The molecule has 0 aromatic heterocycles. The molecule has 1 N–H and O–H groups in total. The molecule has 12 heteroatoms. The third-order valence-corrected chi connectivity index (χ3v) is 13.5. The van der Waals surface area contributed by atoms with Crippen molar-refractivity contribution in [3.8, 4) is 17.6 Å². The van der Waals surface area contributed by atoms with E-state index in [9.17, 15) is 28.8 Å². The van der Waals surface area contributed by atoms with E-state index in [0.29, 0.717) is 29.4 Å². The van der Waals surface area contributed by atoms with Gasteiger partial charge in [-0.25, -0.2) is 4.39 Å². The van der Waals surface area contributed by atoms with Crippen molar-refractivity contribution < 1.29 is 33.0 Å². The Morgan fingerprint density at radius 1 is 0.864 bits per heavy atom. The lowest BCUT2D eigenvalue weighted by Gasteiger charge is -2.63. The summed E-state index contributed by atoms with van der Waals surface area (Å²) in [5, 5.41) is 12.0. The molecule has 3 aromatic rings. The Balaban J connectivity index is 0.855. The number of carbonyl (C=O) groups is 4. The van der Waals surface area contributed by atoms with E-state index in [0.717, 1.165) is 75.6 Å². The summed E-state index contributed by atoms with van der Waals surface area (Å²) in [5.41, 5.74) is 2.52. The molecule has 7 rings (SSSR count). The number of ketones is 3. The highest BCUT2D eigenvalue weighted by Crippen LogP contribution is 2.62. The Morgan fingerprint density at radius 2 is 1.53 bits per heavy atom. The van der Waals surface area contributed by atoms with Gasteiger partial charge in [0.15, 0.2) is 11.6 Å². The second-order valence-corrected chi connectivity index (χ2v) is 18.0. The number of methoxy groups -OCH3 is 1. The van der Waals surface area contributed by atoms with Crippen LogP contribution >= 0.6 is 0 Å². The van der Waals surface area contributed by atoms with E-state index in [1.54, 1.807) is 37.4 Å². The Labute approximate surface area is 346 Å². The third kappa shape index (κ3) is 8.86. The van der Waals surface area contributed by atoms with Gasteiger partial charge in [-0.2, -0.15) is 5.26 Å². The fourth-order valence-electron chi connectivity index (χ4n) is 10.2. The van der Waals surface area contributed by atoms with E-state index in [4.69, 9.17) is 9.47 Å². The van der Waals surface area contributed by atoms with Crippen molar-refractivity contribution in [3.05, 3.63) is 83.2 Å². The van der Waals surface area contributed by atoms with Crippen molar-refractivity contribution >= 4 is 34.6 Å². The third-order valence-electron chi connectivity index (χ3n) is 13.5. The molecule has 3 aromatic carbocycles. The molecule has 2 saturated carbocycles. The number of piperazine rings is 1. The summed E-state index contributed by atoms with van der Waals surface area (Å²) < 4.78 is 26.6. The molecule has 2 saturated heterocycles. The number of amides is 1. The van der Waals surface area contributed by atoms with Crippen LogP contribution in [0.3, 0.4) is 0 Å². The first-order valence-corrected chi connectivity index (χ1v) is 20.9. The molecule has 59 heavy (non-hydrogen) atoms. The molecular formula is C47H56FN5O6. The second kappa shape index (κ2) is 17.1. The zero-order valence-electron chi connectivity index (χ0n) is 34.9. The Hall–Kier alpha value is -5.28. The lowest BCUT2D eigenvalue weighted by Crippen LogP contribution is -2.66. The number of carbonyl (C=O) groups excluding carboxylic acids is 4. The summed E-state index contributed by atoms with van der Waals surface area (Å²) in [6.07, 6.45) is 2.78. The molecule has 11 nitrogen and oxygen atoms in total. The Morgan fingerprint density at radius 3 is 2.17 bits per heavy atom. The highest BCUT2D eigenvalue weighted by Gasteiger charge is 2.63.